The molecule has 0 amide bonds. The zero-order valence-corrected chi connectivity index (χ0v) is 12.0. The van der Waals surface area contributed by atoms with Gasteiger partial charge in [0.15, 0.2) is 0 Å². The van der Waals surface area contributed by atoms with Crippen LogP contribution >= 0.6 is 0 Å². The highest BCUT2D eigenvalue weighted by atomic mass is 14.7. The van der Waals surface area contributed by atoms with Crippen LogP contribution in [0.4, 0.5) is 0 Å². The van der Waals surface area contributed by atoms with Crippen LogP contribution in [-0.2, 0) is 6.42 Å². The highest BCUT2D eigenvalue weighted by molar-refractivity contribution is 5.88. The molecular weight excluding hydrogens is 244 g/mol. The Bertz CT molecular complexity index is 733. The summed E-state index contributed by atoms with van der Waals surface area (Å²) in [7, 11) is 0. The van der Waals surface area contributed by atoms with Gasteiger partial charge in [-0.25, -0.2) is 0 Å². The van der Waals surface area contributed by atoms with Gasteiger partial charge in [0, 0.05) is 17.1 Å². The number of fused-ring (bicyclic) bond motifs is 1. The van der Waals surface area contributed by atoms with Gasteiger partial charge in [-0.3, -0.25) is 0 Å². The van der Waals surface area contributed by atoms with Crippen LogP contribution in [0.25, 0.3) is 22.0 Å². The minimum Gasteiger partial charge on any atom is -0.361 e. The highest BCUT2D eigenvalue weighted by Crippen LogP contribution is 2.27. The molecule has 20 heavy (non-hydrogen) atoms. The lowest BCUT2D eigenvalue weighted by Crippen LogP contribution is -2.01. The zero-order chi connectivity index (χ0) is 14.1. The van der Waals surface area contributed by atoms with Crippen molar-refractivity contribution in [2.45, 2.75) is 20.3 Å². The SMILES string of the molecule is Cc1cc(C)cc(-c2ccc3[nH]cc(CCN)c3c2)c1. The zero-order valence-electron chi connectivity index (χ0n) is 12.0. The molecule has 1 aromatic heterocycles. The van der Waals surface area contributed by atoms with Gasteiger partial charge in [0.2, 0.25) is 0 Å². The Labute approximate surface area is 119 Å². The molecule has 2 nitrogen and oxygen atoms in total. The van der Waals surface area contributed by atoms with Crippen molar-refractivity contribution in [2.75, 3.05) is 6.54 Å². The first-order chi connectivity index (χ1) is 9.67. The maximum atomic E-state index is 5.69. The molecule has 0 atom stereocenters. The molecule has 0 aliphatic rings. The van der Waals surface area contributed by atoms with Crippen molar-refractivity contribution in [2.24, 2.45) is 5.73 Å². The average molecular weight is 264 g/mol. The van der Waals surface area contributed by atoms with E-state index in [1.807, 2.05) is 0 Å². The van der Waals surface area contributed by atoms with Crippen LogP contribution in [0.2, 0.25) is 0 Å². The topological polar surface area (TPSA) is 41.8 Å². The van der Waals surface area contributed by atoms with Gasteiger partial charge >= 0.3 is 0 Å². The summed E-state index contributed by atoms with van der Waals surface area (Å²) >= 11 is 0. The van der Waals surface area contributed by atoms with Crippen molar-refractivity contribution in [3.63, 3.8) is 0 Å². The number of benzene rings is 2. The molecule has 0 radical (unpaired) electrons. The summed E-state index contributed by atoms with van der Waals surface area (Å²) in [6.45, 7) is 4.97. The van der Waals surface area contributed by atoms with Crippen LogP contribution in [0, 0.1) is 13.8 Å². The number of hydrogen-bond acceptors (Lipinski definition) is 1. The number of nitrogens with one attached hydrogen (secondary N) is 1. The predicted octanol–water partition coefficient (Wildman–Crippen LogP) is 3.95. The van der Waals surface area contributed by atoms with E-state index >= 15 is 0 Å². The second-order valence-electron chi connectivity index (χ2n) is 5.49. The van der Waals surface area contributed by atoms with Gasteiger partial charge in [0.05, 0.1) is 0 Å². The van der Waals surface area contributed by atoms with Crippen LogP contribution in [0.15, 0.2) is 42.6 Å². The van der Waals surface area contributed by atoms with E-state index in [9.17, 15) is 0 Å². The van der Waals surface area contributed by atoms with Crippen molar-refractivity contribution < 1.29 is 0 Å². The first kappa shape index (κ1) is 12.9. The van der Waals surface area contributed by atoms with E-state index in [1.54, 1.807) is 0 Å². The lowest BCUT2D eigenvalue weighted by molar-refractivity contribution is 0.976. The summed E-state index contributed by atoms with van der Waals surface area (Å²) in [5.74, 6) is 0. The molecular formula is C18H20N2. The van der Waals surface area contributed by atoms with Crippen LogP contribution in [0.1, 0.15) is 16.7 Å². The van der Waals surface area contributed by atoms with E-state index in [-0.39, 0.29) is 0 Å². The maximum Gasteiger partial charge on any atom is 0.0457 e. The van der Waals surface area contributed by atoms with Crippen molar-refractivity contribution in [1.29, 1.82) is 0 Å². The number of hydrogen-bond donors (Lipinski definition) is 2. The standard InChI is InChI=1S/C18H20N2/c1-12-7-13(2)9-16(8-12)14-3-4-18-17(10-14)15(5-6-19)11-20-18/h3-4,7-11,20H,5-6,19H2,1-2H3. The van der Waals surface area contributed by atoms with Crippen LogP contribution in [0.5, 0.6) is 0 Å². The molecule has 0 spiro atoms. The normalized spacial score (nSPS) is 11.2. The minimum absolute atomic E-state index is 0.681. The van der Waals surface area contributed by atoms with E-state index in [2.05, 4.69) is 61.4 Å². The summed E-state index contributed by atoms with van der Waals surface area (Å²) in [5.41, 5.74) is 13.3. The number of aromatic amines is 1. The van der Waals surface area contributed by atoms with E-state index in [4.69, 9.17) is 5.73 Å². The van der Waals surface area contributed by atoms with E-state index in [1.165, 1.54) is 38.7 Å². The van der Waals surface area contributed by atoms with Gasteiger partial charge in [-0.15, -0.1) is 0 Å². The quantitative estimate of drug-likeness (QED) is 0.739. The lowest BCUT2D eigenvalue weighted by atomic mass is 9.98. The fraction of sp³-hybridized carbons (Fsp3) is 0.222. The van der Waals surface area contributed by atoms with E-state index in [0.29, 0.717) is 6.54 Å². The molecule has 3 aromatic rings. The summed E-state index contributed by atoms with van der Waals surface area (Å²) in [6.07, 6.45) is 2.99. The van der Waals surface area contributed by atoms with Crippen LogP contribution in [0.3, 0.4) is 0 Å². The van der Waals surface area contributed by atoms with Gasteiger partial charge in [0.1, 0.15) is 0 Å². The molecule has 0 aliphatic carbocycles. The van der Waals surface area contributed by atoms with Crippen molar-refractivity contribution in [3.05, 3.63) is 59.3 Å². The molecule has 2 heteroatoms. The molecule has 1 heterocycles. The largest absolute Gasteiger partial charge is 0.361 e. The third-order valence-electron chi connectivity index (χ3n) is 3.74. The number of nitrogens with two attached hydrogens (primary N) is 1. The minimum atomic E-state index is 0.681. The monoisotopic (exact) mass is 264 g/mol. The molecule has 0 fully saturated rings. The van der Waals surface area contributed by atoms with E-state index in [0.717, 1.165) is 6.42 Å². The number of rotatable bonds is 3. The highest BCUT2D eigenvalue weighted by Gasteiger charge is 2.06. The Morgan fingerprint density at radius 1 is 0.950 bits per heavy atom. The smallest absolute Gasteiger partial charge is 0.0457 e. The lowest BCUT2D eigenvalue weighted by Gasteiger charge is -2.06. The van der Waals surface area contributed by atoms with Gasteiger partial charge in [-0.05, 0) is 55.6 Å². The second kappa shape index (κ2) is 5.14. The molecule has 0 saturated carbocycles. The molecule has 3 rings (SSSR count). The van der Waals surface area contributed by atoms with Crippen LogP contribution in [-0.4, -0.2) is 11.5 Å². The molecule has 102 valence electrons. The molecule has 0 aliphatic heterocycles. The van der Waals surface area contributed by atoms with Crippen molar-refractivity contribution >= 4 is 10.9 Å². The fourth-order valence-electron chi connectivity index (χ4n) is 2.86. The molecule has 0 unspecified atom stereocenters. The molecule has 2 aromatic carbocycles. The Balaban J connectivity index is 2.13. The summed E-state index contributed by atoms with van der Waals surface area (Å²) < 4.78 is 0. The third kappa shape index (κ3) is 2.35. The van der Waals surface area contributed by atoms with Crippen molar-refractivity contribution in [1.82, 2.24) is 4.98 Å². The van der Waals surface area contributed by atoms with Gasteiger partial charge < -0.3 is 10.7 Å². The molecule has 3 N–H and O–H groups in total. The van der Waals surface area contributed by atoms with Gasteiger partial charge in [0.25, 0.3) is 0 Å². The number of H-pyrrole nitrogens is 1. The Morgan fingerprint density at radius 3 is 2.40 bits per heavy atom. The summed E-state index contributed by atoms with van der Waals surface area (Å²) in [6, 6.07) is 13.3. The summed E-state index contributed by atoms with van der Waals surface area (Å²) in [4.78, 5) is 3.32. The van der Waals surface area contributed by atoms with Gasteiger partial charge in [-0.1, -0.05) is 35.4 Å². The Kier molecular flexibility index (Phi) is 3.33. The maximum absolute atomic E-state index is 5.69. The molecule has 0 bridgehead atoms. The van der Waals surface area contributed by atoms with Gasteiger partial charge in [-0.2, -0.15) is 0 Å². The average Bonchev–Trinajstić information content (AvgIpc) is 2.81. The number of aryl methyl sites for hydroxylation is 2. The number of aromatic nitrogens is 1. The predicted molar refractivity (Wildman–Crippen MR) is 86.0 cm³/mol. The summed E-state index contributed by atoms with van der Waals surface area (Å²) in [5, 5.41) is 1.28. The second-order valence-corrected chi connectivity index (χ2v) is 5.49. The van der Waals surface area contributed by atoms with Crippen molar-refractivity contribution in [3.8, 4) is 11.1 Å². The Hall–Kier alpha value is -2.06. The Morgan fingerprint density at radius 2 is 1.70 bits per heavy atom. The van der Waals surface area contributed by atoms with E-state index < -0.39 is 0 Å². The third-order valence-corrected chi connectivity index (χ3v) is 3.74. The first-order valence-corrected chi connectivity index (χ1v) is 7.06. The van der Waals surface area contributed by atoms with Crippen LogP contribution < -0.4 is 5.73 Å². The molecule has 0 saturated heterocycles. The first-order valence-electron chi connectivity index (χ1n) is 7.06. The fourth-order valence-corrected chi connectivity index (χ4v) is 2.86.